The first kappa shape index (κ1) is 14.3. The average Bonchev–Trinajstić information content (AvgIpc) is 2.46. The number of rotatable bonds is 3. The fraction of sp³-hybridized carbons (Fsp3) is 0.429. The van der Waals surface area contributed by atoms with Crippen molar-refractivity contribution in [2.24, 2.45) is 0 Å². The Morgan fingerprint density at radius 1 is 1.25 bits per heavy atom. The van der Waals surface area contributed by atoms with Crippen LogP contribution in [0.3, 0.4) is 0 Å². The average molecular weight is 277 g/mol. The molecule has 3 N–H and O–H groups in total. The molecular weight excluding hydrogens is 258 g/mol. The van der Waals surface area contributed by atoms with Crippen molar-refractivity contribution in [1.82, 2.24) is 9.80 Å². The molecule has 1 unspecified atom stereocenters. The van der Waals surface area contributed by atoms with E-state index in [2.05, 4.69) is 0 Å². The normalized spacial score (nSPS) is 17.8. The molecule has 1 heterocycles. The largest absolute Gasteiger partial charge is 0.480 e. The van der Waals surface area contributed by atoms with Crippen LogP contribution in [0.25, 0.3) is 0 Å². The lowest BCUT2D eigenvalue weighted by molar-refractivity contribution is -0.143. The van der Waals surface area contributed by atoms with Crippen molar-refractivity contribution < 1.29 is 14.7 Å². The van der Waals surface area contributed by atoms with Gasteiger partial charge < -0.3 is 15.7 Å². The van der Waals surface area contributed by atoms with E-state index in [4.69, 9.17) is 10.8 Å². The summed E-state index contributed by atoms with van der Waals surface area (Å²) < 4.78 is 0. The molecule has 6 heteroatoms. The van der Waals surface area contributed by atoms with Crippen LogP contribution >= 0.6 is 0 Å². The summed E-state index contributed by atoms with van der Waals surface area (Å²) in [7, 11) is 0. The van der Waals surface area contributed by atoms with E-state index in [-0.39, 0.29) is 5.91 Å². The first-order valence-electron chi connectivity index (χ1n) is 6.60. The lowest BCUT2D eigenvalue weighted by Gasteiger charge is -2.36. The molecule has 0 saturated carbocycles. The molecule has 0 spiro atoms. The first-order valence-corrected chi connectivity index (χ1v) is 6.60. The number of carboxylic acids is 1. The number of benzene rings is 1. The van der Waals surface area contributed by atoms with E-state index in [1.54, 1.807) is 36.1 Å². The second-order valence-electron chi connectivity index (χ2n) is 4.97. The zero-order valence-corrected chi connectivity index (χ0v) is 11.5. The fourth-order valence-electron chi connectivity index (χ4n) is 2.32. The van der Waals surface area contributed by atoms with Crippen LogP contribution in [0, 0.1) is 0 Å². The number of piperazine rings is 1. The second kappa shape index (κ2) is 5.92. The maximum absolute atomic E-state index is 12.3. The maximum atomic E-state index is 12.3. The summed E-state index contributed by atoms with van der Waals surface area (Å²) >= 11 is 0. The molecule has 0 aromatic heterocycles. The number of carbonyl (C=O) groups is 2. The number of amides is 1. The van der Waals surface area contributed by atoms with Crippen LogP contribution in [0.1, 0.15) is 17.3 Å². The van der Waals surface area contributed by atoms with Crippen LogP contribution in [0.4, 0.5) is 5.69 Å². The summed E-state index contributed by atoms with van der Waals surface area (Å²) in [4.78, 5) is 26.8. The molecule has 1 fully saturated rings. The van der Waals surface area contributed by atoms with Crippen molar-refractivity contribution in [2.45, 2.75) is 13.0 Å². The highest BCUT2D eigenvalue weighted by Gasteiger charge is 2.27. The lowest BCUT2D eigenvalue weighted by atomic mass is 10.1. The number of nitrogens with zero attached hydrogens (tertiary/aromatic N) is 2. The number of aliphatic carboxylic acids is 1. The zero-order valence-electron chi connectivity index (χ0n) is 11.5. The van der Waals surface area contributed by atoms with Crippen molar-refractivity contribution in [3.8, 4) is 0 Å². The summed E-state index contributed by atoms with van der Waals surface area (Å²) in [6.45, 7) is 3.87. The molecule has 1 aliphatic rings. The van der Waals surface area contributed by atoms with Crippen LogP contribution in [0.2, 0.25) is 0 Å². The van der Waals surface area contributed by atoms with Gasteiger partial charge in [-0.2, -0.15) is 0 Å². The Morgan fingerprint density at radius 3 is 2.45 bits per heavy atom. The molecule has 2 rings (SSSR count). The standard InChI is InChI=1S/C14H19N3O3/c1-10(14(19)20)16-5-7-17(8-6-16)13(18)11-3-2-4-12(15)9-11/h2-4,9-10H,5-8,15H2,1H3,(H,19,20). The number of carbonyl (C=O) groups excluding carboxylic acids is 1. The predicted molar refractivity (Wildman–Crippen MR) is 75.4 cm³/mol. The quantitative estimate of drug-likeness (QED) is 0.786. The van der Waals surface area contributed by atoms with Gasteiger partial charge in [-0.3, -0.25) is 14.5 Å². The third-order valence-corrected chi connectivity index (χ3v) is 3.64. The third-order valence-electron chi connectivity index (χ3n) is 3.64. The minimum Gasteiger partial charge on any atom is -0.480 e. The van der Waals surface area contributed by atoms with E-state index in [0.29, 0.717) is 37.4 Å². The Labute approximate surface area is 117 Å². The summed E-state index contributed by atoms with van der Waals surface area (Å²) in [6, 6.07) is 6.38. The van der Waals surface area contributed by atoms with E-state index in [1.807, 2.05) is 4.90 Å². The summed E-state index contributed by atoms with van der Waals surface area (Å²) in [5.41, 5.74) is 6.81. The Hall–Kier alpha value is -2.08. The zero-order chi connectivity index (χ0) is 14.7. The summed E-state index contributed by atoms with van der Waals surface area (Å²) in [5, 5.41) is 8.98. The van der Waals surface area contributed by atoms with E-state index in [0.717, 1.165) is 0 Å². The van der Waals surface area contributed by atoms with Gasteiger partial charge in [0.25, 0.3) is 5.91 Å². The molecule has 1 aromatic carbocycles. The minimum atomic E-state index is -0.833. The summed E-state index contributed by atoms with van der Waals surface area (Å²) in [5.74, 6) is -0.888. The molecule has 20 heavy (non-hydrogen) atoms. The highest BCUT2D eigenvalue weighted by molar-refractivity contribution is 5.95. The van der Waals surface area contributed by atoms with E-state index in [9.17, 15) is 9.59 Å². The molecule has 0 aliphatic carbocycles. The second-order valence-corrected chi connectivity index (χ2v) is 4.97. The smallest absolute Gasteiger partial charge is 0.320 e. The van der Waals surface area contributed by atoms with E-state index >= 15 is 0 Å². The fourth-order valence-corrected chi connectivity index (χ4v) is 2.32. The highest BCUT2D eigenvalue weighted by Crippen LogP contribution is 2.13. The molecule has 0 bridgehead atoms. The Kier molecular flexibility index (Phi) is 4.24. The van der Waals surface area contributed by atoms with E-state index < -0.39 is 12.0 Å². The van der Waals surface area contributed by atoms with Gasteiger partial charge in [-0.15, -0.1) is 0 Å². The van der Waals surface area contributed by atoms with Gasteiger partial charge in [0.05, 0.1) is 0 Å². The number of anilines is 1. The molecular formula is C14H19N3O3. The molecule has 1 amide bonds. The topological polar surface area (TPSA) is 86.9 Å². The molecule has 1 aliphatic heterocycles. The van der Waals surface area contributed by atoms with Crippen molar-refractivity contribution in [2.75, 3.05) is 31.9 Å². The van der Waals surface area contributed by atoms with Crippen LogP contribution < -0.4 is 5.73 Å². The van der Waals surface area contributed by atoms with Crippen molar-refractivity contribution in [3.63, 3.8) is 0 Å². The number of carboxylic acid groups (broad SMARTS) is 1. The van der Waals surface area contributed by atoms with Crippen LogP contribution in [-0.2, 0) is 4.79 Å². The SMILES string of the molecule is CC(C(=O)O)N1CCN(C(=O)c2cccc(N)c2)CC1. The van der Waals surface area contributed by atoms with Crippen molar-refractivity contribution >= 4 is 17.6 Å². The summed E-state index contributed by atoms with van der Waals surface area (Å²) in [6.07, 6.45) is 0. The van der Waals surface area contributed by atoms with Crippen LogP contribution in [0.15, 0.2) is 24.3 Å². The Balaban J connectivity index is 1.97. The molecule has 0 radical (unpaired) electrons. The molecule has 108 valence electrons. The van der Waals surface area contributed by atoms with Gasteiger partial charge in [-0.05, 0) is 25.1 Å². The van der Waals surface area contributed by atoms with Gasteiger partial charge >= 0.3 is 5.97 Å². The van der Waals surface area contributed by atoms with Crippen LogP contribution in [0.5, 0.6) is 0 Å². The van der Waals surface area contributed by atoms with Gasteiger partial charge in [-0.1, -0.05) is 6.07 Å². The van der Waals surface area contributed by atoms with Crippen molar-refractivity contribution in [3.05, 3.63) is 29.8 Å². The van der Waals surface area contributed by atoms with E-state index in [1.165, 1.54) is 0 Å². The van der Waals surface area contributed by atoms with Gasteiger partial charge in [-0.25, -0.2) is 0 Å². The molecule has 1 saturated heterocycles. The first-order chi connectivity index (χ1) is 9.49. The monoisotopic (exact) mass is 277 g/mol. The van der Waals surface area contributed by atoms with Gasteiger partial charge in [0.15, 0.2) is 0 Å². The highest BCUT2D eigenvalue weighted by atomic mass is 16.4. The minimum absolute atomic E-state index is 0.0556. The third kappa shape index (κ3) is 3.08. The number of hydrogen-bond acceptors (Lipinski definition) is 4. The van der Waals surface area contributed by atoms with Gasteiger partial charge in [0.2, 0.25) is 0 Å². The number of hydrogen-bond donors (Lipinski definition) is 2. The van der Waals surface area contributed by atoms with Crippen LogP contribution in [-0.4, -0.2) is 59.0 Å². The van der Waals surface area contributed by atoms with Gasteiger partial charge in [0, 0.05) is 37.4 Å². The number of nitrogens with two attached hydrogens (primary N) is 1. The number of nitrogen functional groups attached to an aromatic ring is 1. The Bertz CT molecular complexity index is 510. The molecule has 1 aromatic rings. The maximum Gasteiger partial charge on any atom is 0.320 e. The molecule has 1 atom stereocenters. The predicted octanol–water partition coefficient (Wildman–Crippen LogP) is 0.500. The van der Waals surface area contributed by atoms with Crippen molar-refractivity contribution in [1.29, 1.82) is 0 Å². The molecule has 6 nitrogen and oxygen atoms in total. The Morgan fingerprint density at radius 2 is 1.90 bits per heavy atom. The van der Waals surface area contributed by atoms with Gasteiger partial charge in [0.1, 0.15) is 6.04 Å². The lowest BCUT2D eigenvalue weighted by Crippen LogP contribution is -2.53.